The molecular formula is C27H40O4. The molecule has 0 saturated heterocycles. The molecule has 31 heavy (non-hydrogen) atoms. The number of rotatable bonds is 12. The van der Waals surface area contributed by atoms with Crippen LogP contribution in [0.2, 0.25) is 0 Å². The average Bonchev–Trinajstić information content (AvgIpc) is 3.36. The molecule has 1 saturated carbocycles. The summed E-state index contributed by atoms with van der Waals surface area (Å²) in [6, 6.07) is 2.16. The smallest absolute Gasteiger partial charge is 0.303 e. The first-order valence-corrected chi connectivity index (χ1v) is 12.4. The van der Waals surface area contributed by atoms with Gasteiger partial charge in [-0.25, -0.2) is 0 Å². The Kier molecular flexibility index (Phi) is 8.18. The van der Waals surface area contributed by atoms with Crippen molar-refractivity contribution in [2.45, 2.75) is 104 Å². The van der Waals surface area contributed by atoms with Crippen LogP contribution in [-0.2, 0) is 11.2 Å². The summed E-state index contributed by atoms with van der Waals surface area (Å²) in [4.78, 5) is 24.4. The third-order valence-electron chi connectivity index (χ3n) is 7.77. The first kappa shape index (κ1) is 23.8. The Morgan fingerprint density at radius 3 is 2.48 bits per heavy atom. The van der Waals surface area contributed by atoms with Crippen molar-refractivity contribution in [1.82, 2.24) is 0 Å². The van der Waals surface area contributed by atoms with Gasteiger partial charge < -0.3 is 9.84 Å². The quantitative estimate of drug-likeness (QED) is 0.371. The van der Waals surface area contributed by atoms with Gasteiger partial charge in [-0.3, -0.25) is 9.59 Å². The number of ether oxygens (including phenoxy) is 1. The van der Waals surface area contributed by atoms with Gasteiger partial charge in [-0.05, 0) is 81.0 Å². The summed E-state index contributed by atoms with van der Waals surface area (Å²) >= 11 is 0. The molecule has 0 amide bonds. The second-order valence-electron chi connectivity index (χ2n) is 9.81. The number of carbonyl (C=O) groups is 2. The van der Waals surface area contributed by atoms with E-state index in [1.165, 1.54) is 31.2 Å². The number of benzene rings is 1. The third kappa shape index (κ3) is 5.15. The van der Waals surface area contributed by atoms with Gasteiger partial charge in [-0.2, -0.15) is 0 Å². The van der Waals surface area contributed by atoms with E-state index in [-0.39, 0.29) is 11.8 Å². The molecule has 1 unspecified atom stereocenters. The molecule has 0 aromatic heterocycles. The minimum absolute atomic E-state index is 0.186. The number of hydrogen-bond donors (Lipinski definition) is 1. The van der Waals surface area contributed by atoms with Crippen molar-refractivity contribution in [2.75, 3.05) is 6.61 Å². The highest BCUT2D eigenvalue weighted by atomic mass is 16.5. The van der Waals surface area contributed by atoms with E-state index >= 15 is 0 Å². The molecule has 4 nitrogen and oxygen atoms in total. The lowest BCUT2D eigenvalue weighted by atomic mass is 9.68. The fraction of sp³-hybridized carbons (Fsp3) is 0.704. The van der Waals surface area contributed by atoms with Crippen LogP contribution in [0.25, 0.3) is 0 Å². The van der Waals surface area contributed by atoms with E-state index in [1.807, 2.05) is 0 Å². The van der Waals surface area contributed by atoms with Gasteiger partial charge in [0.05, 0.1) is 6.61 Å². The Balaban J connectivity index is 1.70. The molecule has 0 spiro atoms. The fourth-order valence-corrected chi connectivity index (χ4v) is 5.85. The van der Waals surface area contributed by atoms with Gasteiger partial charge >= 0.3 is 5.97 Å². The molecule has 1 aromatic rings. The van der Waals surface area contributed by atoms with Gasteiger partial charge in [-0.15, -0.1) is 0 Å². The summed E-state index contributed by atoms with van der Waals surface area (Å²) in [6.07, 6.45) is 12.9. The number of hydrogen-bond acceptors (Lipinski definition) is 3. The zero-order chi connectivity index (χ0) is 22.4. The van der Waals surface area contributed by atoms with E-state index < -0.39 is 5.97 Å². The highest BCUT2D eigenvalue weighted by Crippen LogP contribution is 2.53. The van der Waals surface area contributed by atoms with Crippen molar-refractivity contribution in [3.8, 4) is 5.75 Å². The van der Waals surface area contributed by atoms with Crippen molar-refractivity contribution in [1.29, 1.82) is 0 Å². The van der Waals surface area contributed by atoms with Crippen LogP contribution in [0.5, 0.6) is 5.75 Å². The Morgan fingerprint density at radius 2 is 1.81 bits per heavy atom. The Labute approximate surface area is 187 Å². The Hall–Kier alpha value is -1.84. The summed E-state index contributed by atoms with van der Waals surface area (Å²) in [6.45, 7) is 7.03. The molecule has 1 aromatic carbocycles. The van der Waals surface area contributed by atoms with Crippen molar-refractivity contribution in [3.63, 3.8) is 0 Å². The standard InChI is InChI=1S/C27H40O4/c1-4-5-15-27(22-12-9-10-13-22)18-21-17-23(19(2)20(3)25(21)26(27)30)31-16-11-7-6-8-14-24(28)29/h17,22H,4-16,18H2,1-3H3,(H,28,29). The van der Waals surface area contributed by atoms with Crippen molar-refractivity contribution in [2.24, 2.45) is 11.3 Å². The molecule has 2 aliphatic rings. The maximum absolute atomic E-state index is 13.8. The van der Waals surface area contributed by atoms with Gasteiger partial charge in [0.1, 0.15) is 5.75 Å². The molecule has 0 heterocycles. The number of ketones is 1. The van der Waals surface area contributed by atoms with E-state index in [1.54, 1.807) is 0 Å². The topological polar surface area (TPSA) is 63.6 Å². The van der Waals surface area contributed by atoms with Crippen LogP contribution in [0, 0.1) is 25.2 Å². The molecule has 3 rings (SSSR count). The molecule has 0 aliphatic heterocycles. The predicted octanol–water partition coefficient (Wildman–Crippen LogP) is 6.82. The maximum Gasteiger partial charge on any atom is 0.303 e. The van der Waals surface area contributed by atoms with E-state index in [4.69, 9.17) is 9.84 Å². The molecule has 172 valence electrons. The largest absolute Gasteiger partial charge is 0.493 e. The SMILES string of the molecule is CCCCC1(C2CCCC2)Cc2cc(OCCCCCCC(=O)O)c(C)c(C)c2C1=O. The van der Waals surface area contributed by atoms with Gasteiger partial charge in [0, 0.05) is 17.4 Å². The summed E-state index contributed by atoms with van der Waals surface area (Å²) in [5.74, 6) is 1.15. The number of carboxylic acid groups (broad SMARTS) is 1. The summed E-state index contributed by atoms with van der Waals surface area (Å²) in [7, 11) is 0. The van der Waals surface area contributed by atoms with Crippen LogP contribution in [0.15, 0.2) is 6.07 Å². The van der Waals surface area contributed by atoms with Crippen LogP contribution >= 0.6 is 0 Å². The van der Waals surface area contributed by atoms with E-state index in [2.05, 4.69) is 26.8 Å². The minimum atomic E-state index is -0.720. The molecule has 1 atom stereocenters. The fourth-order valence-electron chi connectivity index (χ4n) is 5.85. The summed E-state index contributed by atoms with van der Waals surface area (Å²) < 4.78 is 6.15. The van der Waals surface area contributed by atoms with Crippen molar-refractivity contribution >= 4 is 11.8 Å². The third-order valence-corrected chi connectivity index (χ3v) is 7.77. The average molecular weight is 429 g/mol. The highest BCUT2D eigenvalue weighted by Gasteiger charge is 2.51. The lowest BCUT2D eigenvalue weighted by Crippen LogP contribution is -2.35. The minimum Gasteiger partial charge on any atom is -0.493 e. The lowest BCUT2D eigenvalue weighted by molar-refractivity contribution is -0.137. The molecule has 4 heteroatoms. The Bertz CT molecular complexity index is 791. The van der Waals surface area contributed by atoms with Crippen LogP contribution in [0.3, 0.4) is 0 Å². The van der Waals surface area contributed by atoms with Crippen molar-refractivity contribution in [3.05, 3.63) is 28.3 Å². The highest BCUT2D eigenvalue weighted by molar-refractivity contribution is 6.06. The number of aliphatic carboxylic acids is 1. The summed E-state index contributed by atoms with van der Waals surface area (Å²) in [5.41, 5.74) is 4.20. The lowest BCUT2D eigenvalue weighted by Gasteiger charge is -2.34. The van der Waals surface area contributed by atoms with Gasteiger partial charge in [0.15, 0.2) is 5.78 Å². The number of fused-ring (bicyclic) bond motifs is 1. The maximum atomic E-state index is 13.8. The van der Waals surface area contributed by atoms with Gasteiger partial charge in [0.2, 0.25) is 0 Å². The molecule has 2 aliphatic carbocycles. The second-order valence-corrected chi connectivity index (χ2v) is 9.81. The van der Waals surface area contributed by atoms with Gasteiger partial charge in [0.25, 0.3) is 0 Å². The van der Waals surface area contributed by atoms with Gasteiger partial charge in [-0.1, -0.05) is 45.4 Å². The monoisotopic (exact) mass is 428 g/mol. The molecule has 1 N–H and O–H groups in total. The summed E-state index contributed by atoms with van der Waals surface area (Å²) in [5, 5.41) is 8.72. The normalized spacial score (nSPS) is 20.9. The number of carboxylic acids is 1. The number of Topliss-reactive ketones (excluding diaryl/α,β-unsaturated/α-hetero) is 1. The van der Waals surface area contributed by atoms with Crippen LogP contribution in [0.1, 0.15) is 111 Å². The van der Waals surface area contributed by atoms with E-state index in [0.29, 0.717) is 18.3 Å². The van der Waals surface area contributed by atoms with E-state index in [0.717, 1.165) is 73.8 Å². The van der Waals surface area contributed by atoms with Crippen LogP contribution in [-0.4, -0.2) is 23.5 Å². The number of unbranched alkanes of at least 4 members (excludes halogenated alkanes) is 4. The zero-order valence-corrected chi connectivity index (χ0v) is 19.7. The zero-order valence-electron chi connectivity index (χ0n) is 19.7. The molecule has 1 fully saturated rings. The first-order valence-electron chi connectivity index (χ1n) is 12.4. The Morgan fingerprint density at radius 1 is 1.10 bits per heavy atom. The molecule has 0 bridgehead atoms. The van der Waals surface area contributed by atoms with Crippen LogP contribution in [0.4, 0.5) is 0 Å². The molecule has 0 radical (unpaired) electrons. The van der Waals surface area contributed by atoms with Crippen LogP contribution < -0.4 is 4.74 Å². The molecular weight excluding hydrogens is 388 g/mol. The van der Waals surface area contributed by atoms with Crippen molar-refractivity contribution < 1.29 is 19.4 Å². The predicted molar refractivity (Wildman–Crippen MR) is 124 cm³/mol. The number of carbonyl (C=O) groups excluding carboxylic acids is 1. The second kappa shape index (κ2) is 10.7. The van der Waals surface area contributed by atoms with E-state index in [9.17, 15) is 9.59 Å². The first-order chi connectivity index (χ1) is 14.9.